The number of rotatable bonds is 0. The van der Waals surface area contributed by atoms with Crippen molar-refractivity contribution in [2.75, 3.05) is 0 Å². The molecule has 54 valence electrons. The van der Waals surface area contributed by atoms with Gasteiger partial charge in [0.15, 0.2) is 5.12 Å². The minimum atomic E-state index is -1.52. The topological polar surface area (TPSA) is 36.0 Å². The van der Waals surface area contributed by atoms with Crippen molar-refractivity contribution in [3.8, 4) is 0 Å². The van der Waals surface area contributed by atoms with E-state index in [1.54, 1.807) is 6.20 Å². The maximum absolute atomic E-state index is 11.2. The predicted molar refractivity (Wildman–Crippen MR) is 44.3 cm³/mol. The first-order valence-electron chi connectivity index (χ1n) is 3.31. The van der Waals surface area contributed by atoms with E-state index >= 15 is 0 Å². The number of hydrogen-bond donors (Lipinski definition) is 0. The van der Waals surface area contributed by atoms with E-state index in [0.29, 0.717) is 0 Å². The van der Waals surface area contributed by atoms with Gasteiger partial charge in [0.05, 0.1) is 6.20 Å². The molecule has 1 atom stereocenters. The Morgan fingerprint density at radius 3 is 2.82 bits per heavy atom. The van der Waals surface area contributed by atoms with Gasteiger partial charge in [-0.05, 0) is 12.1 Å². The van der Waals surface area contributed by atoms with Crippen molar-refractivity contribution >= 4 is 18.4 Å². The van der Waals surface area contributed by atoms with Crippen LogP contribution in [0, 0.1) is 0 Å². The molecule has 0 aliphatic rings. The molecule has 1 unspecified atom stereocenters. The zero-order valence-electron chi connectivity index (χ0n) is 5.77. The molecule has 0 saturated heterocycles. The van der Waals surface area contributed by atoms with Crippen molar-refractivity contribution in [2.24, 2.45) is 0 Å². The Labute approximate surface area is 65.4 Å². The van der Waals surface area contributed by atoms with E-state index in [0.717, 1.165) is 10.5 Å². The van der Waals surface area contributed by atoms with Crippen molar-refractivity contribution in [3.05, 3.63) is 36.5 Å². The van der Waals surface area contributed by atoms with E-state index in [4.69, 9.17) is 0 Å². The van der Waals surface area contributed by atoms with Crippen LogP contribution in [-0.4, -0.2) is 4.75 Å². The fourth-order valence-corrected chi connectivity index (χ4v) is 1.93. The normalized spacial score (nSPS) is 11.9. The zero-order valence-corrected chi connectivity index (χ0v) is 6.66. The largest absolute Gasteiger partial charge is 0.607 e. The van der Waals surface area contributed by atoms with Gasteiger partial charge in [0.1, 0.15) is 0 Å². The van der Waals surface area contributed by atoms with Crippen LogP contribution in [0.1, 0.15) is 0 Å². The average Bonchev–Trinajstić information content (AvgIpc) is 2.06. The lowest BCUT2D eigenvalue weighted by molar-refractivity contribution is -0.151. The molecule has 1 heterocycles. The fourth-order valence-electron chi connectivity index (χ4n) is 1.04. The predicted octanol–water partition coefficient (Wildman–Crippen LogP) is 1.63. The highest BCUT2D eigenvalue weighted by atomic mass is 31.1. The molecule has 2 nitrogen and oxygen atoms in total. The Morgan fingerprint density at radius 1 is 1.18 bits per heavy atom. The highest BCUT2D eigenvalue weighted by molar-refractivity contribution is 7.44. The monoisotopic (exact) mass is 163 g/mol. The van der Waals surface area contributed by atoms with Gasteiger partial charge in [-0.25, -0.2) is 0 Å². The lowest BCUT2D eigenvalue weighted by atomic mass is 10.3. The van der Waals surface area contributed by atoms with Crippen LogP contribution in [-0.2, 0) is 0 Å². The van der Waals surface area contributed by atoms with Crippen molar-refractivity contribution < 1.29 is 4.89 Å². The third-order valence-corrected chi connectivity index (χ3v) is 2.73. The number of aromatic nitrogens is 1. The van der Waals surface area contributed by atoms with Gasteiger partial charge in [-0.3, -0.25) is 0 Å². The number of benzene rings is 1. The van der Waals surface area contributed by atoms with Crippen molar-refractivity contribution in [2.45, 2.75) is 0 Å². The average molecular weight is 163 g/mol. The minimum Gasteiger partial charge on any atom is -0.607 e. The van der Waals surface area contributed by atoms with E-state index in [1.165, 1.54) is 0 Å². The van der Waals surface area contributed by atoms with Crippen LogP contribution in [0.4, 0.5) is 0 Å². The molecule has 3 heteroatoms. The second-order valence-corrected chi connectivity index (χ2v) is 3.52. The lowest BCUT2D eigenvalue weighted by Crippen LogP contribution is -1.86. The minimum absolute atomic E-state index is 0.838. The molecule has 0 fully saturated rings. The van der Waals surface area contributed by atoms with Gasteiger partial charge >= 0.3 is 0 Å². The SMILES string of the molecule is [O-][p+]1nccc2ccccc21. The Hall–Kier alpha value is -0.980. The fraction of sp³-hybridized carbons (Fsp3) is 0. The lowest BCUT2D eigenvalue weighted by Gasteiger charge is -1.92. The molecule has 0 amide bonds. The van der Waals surface area contributed by atoms with E-state index < -0.39 is 7.92 Å². The summed E-state index contributed by atoms with van der Waals surface area (Å²) in [5, 5.41) is 1.86. The Balaban J connectivity index is 2.91. The van der Waals surface area contributed by atoms with Crippen LogP contribution in [0.3, 0.4) is 0 Å². The first-order chi connectivity index (χ1) is 5.38. The Bertz CT molecular complexity index is 383. The summed E-state index contributed by atoms with van der Waals surface area (Å²) in [7, 11) is -1.52. The van der Waals surface area contributed by atoms with Gasteiger partial charge in [0.2, 0.25) is 7.92 Å². The molecule has 1 aromatic heterocycles. The van der Waals surface area contributed by atoms with Crippen molar-refractivity contribution in [1.82, 2.24) is 4.75 Å². The number of fused-ring (bicyclic) bond motifs is 1. The Kier molecular flexibility index (Phi) is 1.57. The van der Waals surface area contributed by atoms with Crippen molar-refractivity contribution in [3.63, 3.8) is 0 Å². The quantitative estimate of drug-likeness (QED) is 0.591. The van der Waals surface area contributed by atoms with Crippen LogP contribution in [0.2, 0.25) is 0 Å². The summed E-state index contributed by atoms with van der Waals surface area (Å²) < 4.78 is 3.80. The standard InChI is InChI=1S/C8H6NOP/c10-11-8-4-2-1-3-7(8)5-6-9-11/h1-6H. The molecule has 0 aliphatic heterocycles. The first kappa shape index (κ1) is 6.71. The molecule has 0 saturated carbocycles. The number of nitrogens with zero attached hydrogens (tertiary/aromatic N) is 1. The van der Waals surface area contributed by atoms with E-state index in [-0.39, 0.29) is 0 Å². The zero-order chi connectivity index (χ0) is 7.68. The van der Waals surface area contributed by atoms with Gasteiger partial charge in [-0.15, -0.1) is 0 Å². The summed E-state index contributed by atoms with van der Waals surface area (Å²) in [6.45, 7) is 0. The van der Waals surface area contributed by atoms with Crippen LogP contribution in [0.5, 0.6) is 0 Å². The first-order valence-corrected chi connectivity index (χ1v) is 4.53. The molecule has 2 rings (SSSR count). The van der Waals surface area contributed by atoms with Crippen LogP contribution >= 0.6 is 7.92 Å². The molecule has 0 bridgehead atoms. The summed E-state index contributed by atoms with van der Waals surface area (Å²) in [4.78, 5) is 11.2. The van der Waals surface area contributed by atoms with Gasteiger partial charge in [0.25, 0.3) is 0 Å². The summed E-state index contributed by atoms with van der Waals surface area (Å²) in [5.41, 5.74) is 0. The Morgan fingerprint density at radius 2 is 2.00 bits per heavy atom. The molecule has 0 aliphatic carbocycles. The maximum Gasteiger partial charge on any atom is 0.209 e. The van der Waals surface area contributed by atoms with E-state index in [2.05, 4.69) is 4.75 Å². The van der Waals surface area contributed by atoms with E-state index in [9.17, 15) is 4.89 Å². The second-order valence-electron chi connectivity index (χ2n) is 2.26. The molecule has 2 aromatic rings. The summed E-state index contributed by atoms with van der Waals surface area (Å²) >= 11 is 0. The highest BCUT2D eigenvalue weighted by Gasteiger charge is 2.00. The van der Waals surface area contributed by atoms with Gasteiger partial charge < -0.3 is 4.89 Å². The molecule has 1 aromatic carbocycles. The molecule has 0 radical (unpaired) electrons. The van der Waals surface area contributed by atoms with Crippen LogP contribution in [0.25, 0.3) is 10.5 Å². The second kappa shape index (κ2) is 2.57. The van der Waals surface area contributed by atoms with Gasteiger partial charge in [-0.2, -0.15) is 0 Å². The van der Waals surface area contributed by atoms with Crippen molar-refractivity contribution in [1.29, 1.82) is 0 Å². The molecule has 11 heavy (non-hydrogen) atoms. The smallest absolute Gasteiger partial charge is 0.209 e. The molecule has 0 spiro atoms. The van der Waals surface area contributed by atoms with Gasteiger partial charge in [0, 0.05) is 5.39 Å². The summed E-state index contributed by atoms with van der Waals surface area (Å²) in [6.07, 6.45) is 1.60. The van der Waals surface area contributed by atoms with Crippen LogP contribution < -0.4 is 4.89 Å². The third-order valence-electron chi connectivity index (χ3n) is 1.57. The summed E-state index contributed by atoms with van der Waals surface area (Å²) in [5.74, 6) is 0. The van der Waals surface area contributed by atoms with E-state index in [1.807, 2.05) is 30.3 Å². The van der Waals surface area contributed by atoms with Crippen LogP contribution in [0.15, 0.2) is 36.5 Å². The number of hydrogen-bond acceptors (Lipinski definition) is 2. The van der Waals surface area contributed by atoms with Gasteiger partial charge in [-0.1, -0.05) is 22.9 Å². The molecule has 0 N–H and O–H groups in total. The summed E-state index contributed by atoms with van der Waals surface area (Å²) in [6, 6.07) is 9.46. The molecular formula is C8H6NOP. The third kappa shape index (κ3) is 1.11. The highest BCUT2D eigenvalue weighted by Crippen LogP contribution is 2.25. The molecular weight excluding hydrogens is 157 g/mol. The maximum atomic E-state index is 11.2.